The number of methoxy groups -OCH3 is 2. The van der Waals surface area contributed by atoms with E-state index in [2.05, 4.69) is 11.5 Å². The smallest absolute Gasteiger partial charge is 0.227 e. The summed E-state index contributed by atoms with van der Waals surface area (Å²) in [5, 5.41) is 15.4. The Kier molecular flexibility index (Phi) is 9.70. The molecule has 1 heterocycles. The van der Waals surface area contributed by atoms with Crippen LogP contribution in [0, 0.1) is 6.92 Å². The van der Waals surface area contributed by atoms with Gasteiger partial charge in [-0.2, -0.15) is 5.10 Å². The summed E-state index contributed by atoms with van der Waals surface area (Å²) in [6.45, 7) is 8.06. The van der Waals surface area contributed by atoms with Gasteiger partial charge in [0.1, 0.15) is 11.5 Å². The predicted molar refractivity (Wildman–Crippen MR) is 134 cm³/mol. The summed E-state index contributed by atoms with van der Waals surface area (Å²) >= 11 is 0. The molecule has 182 valence electrons. The van der Waals surface area contributed by atoms with Crippen LogP contribution in [0.4, 0.5) is 0 Å². The van der Waals surface area contributed by atoms with E-state index >= 15 is 0 Å². The average molecular weight is 466 g/mol. The van der Waals surface area contributed by atoms with Crippen LogP contribution in [-0.4, -0.2) is 59.8 Å². The molecule has 34 heavy (non-hydrogen) atoms. The number of hydrogen-bond acceptors (Lipinski definition) is 6. The molecule has 0 aliphatic carbocycles. The lowest BCUT2D eigenvalue weighted by Gasteiger charge is -2.25. The Labute approximate surface area is 202 Å². The van der Waals surface area contributed by atoms with Crippen molar-refractivity contribution in [2.75, 3.05) is 33.9 Å². The van der Waals surface area contributed by atoms with Crippen LogP contribution >= 0.6 is 0 Å². The highest BCUT2D eigenvalue weighted by Crippen LogP contribution is 2.33. The first-order valence-electron chi connectivity index (χ1n) is 11.5. The van der Waals surface area contributed by atoms with Crippen LogP contribution in [0.3, 0.4) is 0 Å². The van der Waals surface area contributed by atoms with Gasteiger partial charge in [-0.25, -0.2) is 4.68 Å². The SMILES string of the molecule is C=CCCC(O)CN(CCOC)Cc1c(C)nn(-c2ccccc2)c1Oc1cccc(OC)c1. The van der Waals surface area contributed by atoms with Crippen LogP contribution in [-0.2, 0) is 11.3 Å². The van der Waals surface area contributed by atoms with Gasteiger partial charge in [0.15, 0.2) is 0 Å². The molecule has 1 aromatic heterocycles. The van der Waals surface area contributed by atoms with Gasteiger partial charge in [0.2, 0.25) is 5.88 Å². The van der Waals surface area contributed by atoms with Crippen molar-refractivity contribution in [1.82, 2.24) is 14.7 Å². The van der Waals surface area contributed by atoms with E-state index < -0.39 is 6.10 Å². The minimum atomic E-state index is -0.456. The van der Waals surface area contributed by atoms with Crippen molar-refractivity contribution in [3.05, 3.63) is 78.5 Å². The molecule has 0 radical (unpaired) electrons. The Morgan fingerprint density at radius 2 is 1.88 bits per heavy atom. The number of aromatic nitrogens is 2. The number of ether oxygens (including phenoxy) is 3. The Morgan fingerprint density at radius 1 is 1.12 bits per heavy atom. The largest absolute Gasteiger partial charge is 0.497 e. The summed E-state index contributed by atoms with van der Waals surface area (Å²) in [6.07, 6.45) is 2.82. The fourth-order valence-electron chi connectivity index (χ4n) is 3.72. The van der Waals surface area contributed by atoms with Gasteiger partial charge in [0, 0.05) is 32.8 Å². The number of aliphatic hydroxyl groups is 1. The fourth-order valence-corrected chi connectivity index (χ4v) is 3.72. The van der Waals surface area contributed by atoms with Crippen molar-refractivity contribution in [2.45, 2.75) is 32.4 Å². The van der Waals surface area contributed by atoms with Gasteiger partial charge in [-0.1, -0.05) is 30.3 Å². The van der Waals surface area contributed by atoms with E-state index in [1.54, 1.807) is 14.2 Å². The first-order valence-corrected chi connectivity index (χ1v) is 11.5. The van der Waals surface area contributed by atoms with Gasteiger partial charge in [-0.05, 0) is 44.0 Å². The van der Waals surface area contributed by atoms with E-state index in [0.29, 0.717) is 50.0 Å². The fraction of sp³-hybridized carbons (Fsp3) is 0.370. The summed E-state index contributed by atoms with van der Waals surface area (Å²) < 4.78 is 18.9. The summed E-state index contributed by atoms with van der Waals surface area (Å²) in [4.78, 5) is 2.18. The van der Waals surface area contributed by atoms with Crippen molar-refractivity contribution >= 4 is 0 Å². The van der Waals surface area contributed by atoms with E-state index in [1.165, 1.54) is 0 Å². The molecule has 0 saturated heterocycles. The van der Waals surface area contributed by atoms with Crippen LogP contribution in [0.2, 0.25) is 0 Å². The number of hydrogen-bond donors (Lipinski definition) is 1. The van der Waals surface area contributed by atoms with E-state index in [0.717, 1.165) is 23.4 Å². The zero-order chi connectivity index (χ0) is 24.3. The number of aliphatic hydroxyl groups excluding tert-OH is 1. The molecule has 0 saturated carbocycles. The van der Waals surface area contributed by atoms with Gasteiger partial charge >= 0.3 is 0 Å². The van der Waals surface area contributed by atoms with Crippen LogP contribution < -0.4 is 9.47 Å². The molecule has 3 aromatic rings. The maximum Gasteiger partial charge on any atom is 0.227 e. The zero-order valence-corrected chi connectivity index (χ0v) is 20.3. The van der Waals surface area contributed by atoms with Gasteiger partial charge in [-0.15, -0.1) is 6.58 Å². The molecule has 0 bridgehead atoms. The van der Waals surface area contributed by atoms with Crippen molar-refractivity contribution < 1.29 is 19.3 Å². The Morgan fingerprint density at radius 3 is 2.59 bits per heavy atom. The number of aryl methyl sites for hydroxylation is 1. The lowest BCUT2D eigenvalue weighted by Crippen LogP contribution is -2.34. The van der Waals surface area contributed by atoms with Gasteiger partial charge in [0.25, 0.3) is 0 Å². The zero-order valence-electron chi connectivity index (χ0n) is 20.3. The van der Waals surface area contributed by atoms with E-state index in [9.17, 15) is 5.11 Å². The predicted octanol–water partition coefficient (Wildman–Crippen LogP) is 4.76. The lowest BCUT2D eigenvalue weighted by atomic mass is 10.1. The van der Waals surface area contributed by atoms with Crippen LogP contribution in [0.25, 0.3) is 5.69 Å². The molecule has 1 unspecified atom stereocenters. The minimum absolute atomic E-state index is 0.456. The van der Waals surface area contributed by atoms with E-state index in [4.69, 9.17) is 19.3 Å². The highest BCUT2D eigenvalue weighted by atomic mass is 16.5. The number of allylic oxidation sites excluding steroid dienone is 1. The molecule has 0 fully saturated rings. The number of para-hydroxylation sites is 1. The van der Waals surface area contributed by atoms with Gasteiger partial charge in [0.05, 0.1) is 36.8 Å². The standard InChI is InChI=1S/C27H35N3O4/c1-5-6-13-23(31)19-29(16-17-32-3)20-26-21(2)28-30(22-11-8-7-9-12-22)27(26)34-25-15-10-14-24(18-25)33-4/h5,7-12,14-15,18,23,31H,1,6,13,16-17,19-20H2,2-4H3. The summed E-state index contributed by atoms with van der Waals surface area (Å²) in [7, 11) is 3.32. The van der Waals surface area contributed by atoms with Gasteiger partial charge in [-0.3, -0.25) is 4.90 Å². The second-order valence-corrected chi connectivity index (χ2v) is 8.15. The average Bonchev–Trinajstić information content (AvgIpc) is 3.16. The van der Waals surface area contributed by atoms with Gasteiger partial charge < -0.3 is 19.3 Å². The molecule has 0 amide bonds. The van der Waals surface area contributed by atoms with Crippen molar-refractivity contribution in [1.29, 1.82) is 0 Å². The van der Waals surface area contributed by atoms with Crippen LogP contribution in [0.15, 0.2) is 67.3 Å². The third-order valence-corrected chi connectivity index (χ3v) is 5.56. The Hall–Kier alpha value is -3.13. The summed E-state index contributed by atoms with van der Waals surface area (Å²) in [5.41, 5.74) is 2.73. The maximum absolute atomic E-state index is 10.5. The molecule has 3 rings (SSSR count). The van der Waals surface area contributed by atoms with Crippen molar-refractivity contribution in [3.63, 3.8) is 0 Å². The molecule has 1 atom stereocenters. The quantitative estimate of drug-likeness (QED) is 0.346. The first kappa shape index (κ1) is 25.5. The Bertz CT molecular complexity index is 1040. The maximum atomic E-state index is 10.5. The molecule has 0 aliphatic heterocycles. The number of benzene rings is 2. The highest BCUT2D eigenvalue weighted by Gasteiger charge is 2.22. The molecular weight excluding hydrogens is 430 g/mol. The molecule has 0 aliphatic rings. The van der Waals surface area contributed by atoms with Crippen molar-refractivity contribution in [3.8, 4) is 23.1 Å². The third-order valence-electron chi connectivity index (χ3n) is 5.56. The number of rotatable bonds is 14. The normalized spacial score (nSPS) is 12.0. The topological polar surface area (TPSA) is 69.0 Å². The summed E-state index contributed by atoms with van der Waals surface area (Å²) in [6, 6.07) is 17.4. The Balaban J connectivity index is 1.96. The molecular formula is C27H35N3O4. The van der Waals surface area contributed by atoms with E-state index in [1.807, 2.05) is 72.3 Å². The molecule has 1 N–H and O–H groups in total. The highest BCUT2D eigenvalue weighted by molar-refractivity contribution is 5.44. The minimum Gasteiger partial charge on any atom is -0.497 e. The van der Waals surface area contributed by atoms with Crippen molar-refractivity contribution in [2.24, 2.45) is 0 Å². The van der Waals surface area contributed by atoms with Crippen LogP contribution in [0.5, 0.6) is 17.4 Å². The third kappa shape index (κ3) is 6.93. The second kappa shape index (κ2) is 12.9. The lowest BCUT2D eigenvalue weighted by molar-refractivity contribution is 0.0804. The molecule has 7 nitrogen and oxygen atoms in total. The number of nitrogens with zero attached hydrogens (tertiary/aromatic N) is 3. The molecule has 0 spiro atoms. The monoisotopic (exact) mass is 465 g/mol. The van der Waals surface area contributed by atoms with Crippen LogP contribution in [0.1, 0.15) is 24.1 Å². The second-order valence-electron chi connectivity index (χ2n) is 8.15. The molecule has 7 heteroatoms. The van der Waals surface area contributed by atoms with E-state index in [-0.39, 0.29) is 0 Å². The summed E-state index contributed by atoms with van der Waals surface area (Å²) in [5.74, 6) is 2.01. The first-order chi connectivity index (χ1) is 16.5. The molecule has 2 aromatic carbocycles.